The van der Waals surface area contributed by atoms with Gasteiger partial charge < -0.3 is 10.1 Å². The van der Waals surface area contributed by atoms with Crippen LogP contribution in [0.4, 0.5) is 0 Å². The van der Waals surface area contributed by atoms with Crippen LogP contribution in [0.5, 0.6) is 0 Å². The second-order valence-electron chi connectivity index (χ2n) is 5.70. The highest BCUT2D eigenvalue weighted by Gasteiger charge is 2.38. The zero-order valence-electron chi connectivity index (χ0n) is 10.9. The summed E-state index contributed by atoms with van der Waals surface area (Å²) in [6.07, 6.45) is 1.19. The minimum Gasteiger partial charge on any atom is -0.383 e. The Morgan fingerprint density at radius 3 is 2.47 bits per heavy atom. The van der Waals surface area contributed by atoms with Crippen LogP contribution in [0.15, 0.2) is 0 Å². The number of hydrogen-bond donors (Lipinski definition) is 1. The van der Waals surface area contributed by atoms with E-state index in [2.05, 4.69) is 37.9 Å². The first-order valence-electron chi connectivity index (χ1n) is 5.87. The quantitative estimate of drug-likeness (QED) is 0.770. The summed E-state index contributed by atoms with van der Waals surface area (Å²) in [5.41, 5.74) is 0.462. The molecule has 90 valence electrons. The van der Waals surface area contributed by atoms with Crippen molar-refractivity contribution in [2.75, 3.05) is 33.4 Å². The van der Waals surface area contributed by atoms with Crippen LogP contribution in [0.2, 0.25) is 0 Å². The summed E-state index contributed by atoms with van der Waals surface area (Å²) in [6, 6.07) is 0. The van der Waals surface area contributed by atoms with Gasteiger partial charge in [0.2, 0.25) is 0 Å². The Morgan fingerprint density at radius 1 is 1.20 bits per heavy atom. The first-order valence-corrected chi connectivity index (χ1v) is 5.87. The van der Waals surface area contributed by atoms with Crippen LogP contribution in [0, 0.1) is 0 Å². The minimum absolute atomic E-state index is 0.207. The fourth-order valence-corrected chi connectivity index (χ4v) is 2.63. The van der Waals surface area contributed by atoms with Crippen LogP contribution in [0.3, 0.4) is 0 Å². The van der Waals surface area contributed by atoms with E-state index >= 15 is 0 Å². The summed E-state index contributed by atoms with van der Waals surface area (Å²) >= 11 is 0. The number of hydrogen-bond acceptors (Lipinski definition) is 3. The Bertz CT molecular complexity index is 184. The van der Waals surface area contributed by atoms with Crippen molar-refractivity contribution in [1.29, 1.82) is 0 Å². The SMILES string of the molecule is COCCN1C(C)(C)CCNCC1(C)C. The molecule has 3 heteroatoms. The van der Waals surface area contributed by atoms with E-state index in [1.54, 1.807) is 7.11 Å². The molecule has 0 amide bonds. The van der Waals surface area contributed by atoms with Crippen LogP contribution in [-0.2, 0) is 4.74 Å². The summed E-state index contributed by atoms with van der Waals surface area (Å²) in [6.45, 7) is 13.3. The highest BCUT2D eigenvalue weighted by molar-refractivity contribution is 4.96. The van der Waals surface area contributed by atoms with E-state index in [0.717, 1.165) is 26.2 Å². The van der Waals surface area contributed by atoms with Crippen molar-refractivity contribution in [2.45, 2.75) is 45.2 Å². The van der Waals surface area contributed by atoms with Gasteiger partial charge in [0.15, 0.2) is 0 Å². The third kappa shape index (κ3) is 3.16. The molecule has 0 bridgehead atoms. The molecule has 1 aliphatic heterocycles. The molecule has 0 aromatic heterocycles. The minimum atomic E-state index is 0.207. The predicted octanol–water partition coefficient (Wildman–Crippen LogP) is 1.49. The Kier molecular flexibility index (Phi) is 4.15. The van der Waals surface area contributed by atoms with E-state index in [4.69, 9.17) is 4.74 Å². The molecule has 0 unspecified atom stereocenters. The van der Waals surface area contributed by atoms with Gasteiger partial charge >= 0.3 is 0 Å². The number of nitrogens with one attached hydrogen (secondary N) is 1. The fourth-order valence-electron chi connectivity index (χ4n) is 2.63. The molecule has 1 rings (SSSR count). The maximum absolute atomic E-state index is 5.21. The molecule has 0 aromatic rings. The Morgan fingerprint density at radius 2 is 1.87 bits per heavy atom. The van der Waals surface area contributed by atoms with Crippen LogP contribution < -0.4 is 5.32 Å². The predicted molar refractivity (Wildman–Crippen MR) is 64.2 cm³/mol. The zero-order chi connectivity index (χ0) is 11.5. The highest BCUT2D eigenvalue weighted by Crippen LogP contribution is 2.29. The lowest BCUT2D eigenvalue weighted by atomic mass is 9.92. The zero-order valence-corrected chi connectivity index (χ0v) is 10.9. The molecule has 0 aliphatic carbocycles. The Balaban J connectivity index is 2.78. The van der Waals surface area contributed by atoms with Crippen molar-refractivity contribution < 1.29 is 4.74 Å². The average Bonchev–Trinajstić information content (AvgIpc) is 2.21. The molecule has 1 N–H and O–H groups in total. The van der Waals surface area contributed by atoms with Gasteiger partial charge in [-0.15, -0.1) is 0 Å². The second kappa shape index (κ2) is 4.81. The van der Waals surface area contributed by atoms with Crippen LogP contribution in [0.1, 0.15) is 34.1 Å². The smallest absolute Gasteiger partial charge is 0.0590 e. The van der Waals surface area contributed by atoms with E-state index in [9.17, 15) is 0 Å². The number of methoxy groups -OCH3 is 1. The van der Waals surface area contributed by atoms with E-state index in [1.165, 1.54) is 6.42 Å². The summed E-state index contributed by atoms with van der Waals surface area (Å²) in [4.78, 5) is 2.57. The molecule has 1 aliphatic rings. The van der Waals surface area contributed by atoms with E-state index in [0.29, 0.717) is 0 Å². The summed E-state index contributed by atoms with van der Waals surface area (Å²) in [7, 11) is 1.77. The van der Waals surface area contributed by atoms with Crippen molar-refractivity contribution in [3.8, 4) is 0 Å². The van der Waals surface area contributed by atoms with Crippen LogP contribution in [-0.4, -0.2) is 49.3 Å². The third-order valence-electron chi connectivity index (χ3n) is 3.45. The van der Waals surface area contributed by atoms with E-state index < -0.39 is 0 Å². The third-order valence-corrected chi connectivity index (χ3v) is 3.45. The second-order valence-corrected chi connectivity index (χ2v) is 5.70. The Labute approximate surface area is 94.2 Å². The molecule has 0 spiro atoms. The maximum Gasteiger partial charge on any atom is 0.0590 e. The molecule has 0 atom stereocenters. The topological polar surface area (TPSA) is 24.5 Å². The Hall–Kier alpha value is -0.120. The van der Waals surface area contributed by atoms with Crippen LogP contribution >= 0.6 is 0 Å². The van der Waals surface area contributed by atoms with Gasteiger partial charge in [-0.1, -0.05) is 0 Å². The molecular weight excluding hydrogens is 188 g/mol. The van der Waals surface area contributed by atoms with E-state index in [1.807, 2.05) is 0 Å². The molecule has 3 nitrogen and oxygen atoms in total. The maximum atomic E-state index is 5.21. The first-order chi connectivity index (χ1) is 6.90. The van der Waals surface area contributed by atoms with Gasteiger partial charge in [0.1, 0.15) is 0 Å². The van der Waals surface area contributed by atoms with Crippen molar-refractivity contribution in [3.05, 3.63) is 0 Å². The molecule has 1 heterocycles. The number of rotatable bonds is 3. The normalized spacial score (nSPS) is 26.2. The van der Waals surface area contributed by atoms with Crippen molar-refractivity contribution in [1.82, 2.24) is 10.2 Å². The standard InChI is InChI=1S/C12H26N2O/c1-11(2)6-7-13-10-12(3,4)14(11)8-9-15-5/h13H,6-10H2,1-5H3. The van der Waals surface area contributed by atoms with Gasteiger partial charge in [-0.25, -0.2) is 0 Å². The van der Waals surface area contributed by atoms with Gasteiger partial charge in [-0.3, -0.25) is 4.90 Å². The summed E-state index contributed by atoms with van der Waals surface area (Å²) < 4.78 is 5.21. The molecule has 0 aromatic carbocycles. The average molecular weight is 214 g/mol. The molecule has 15 heavy (non-hydrogen) atoms. The van der Waals surface area contributed by atoms with E-state index in [-0.39, 0.29) is 11.1 Å². The molecule has 0 saturated carbocycles. The highest BCUT2D eigenvalue weighted by atomic mass is 16.5. The summed E-state index contributed by atoms with van der Waals surface area (Å²) in [5, 5.41) is 3.52. The molecular formula is C12H26N2O. The molecule has 1 fully saturated rings. The fraction of sp³-hybridized carbons (Fsp3) is 1.00. The molecule has 0 radical (unpaired) electrons. The number of nitrogens with zero attached hydrogens (tertiary/aromatic N) is 1. The van der Waals surface area contributed by atoms with Gasteiger partial charge in [0.25, 0.3) is 0 Å². The first kappa shape index (κ1) is 12.9. The van der Waals surface area contributed by atoms with Crippen molar-refractivity contribution >= 4 is 0 Å². The van der Waals surface area contributed by atoms with Gasteiger partial charge in [-0.05, 0) is 40.7 Å². The monoisotopic (exact) mass is 214 g/mol. The lowest BCUT2D eigenvalue weighted by Crippen LogP contribution is -2.57. The van der Waals surface area contributed by atoms with Crippen LogP contribution in [0.25, 0.3) is 0 Å². The van der Waals surface area contributed by atoms with Gasteiger partial charge in [0.05, 0.1) is 6.61 Å². The van der Waals surface area contributed by atoms with Gasteiger partial charge in [-0.2, -0.15) is 0 Å². The van der Waals surface area contributed by atoms with Gasteiger partial charge in [0, 0.05) is 31.3 Å². The largest absolute Gasteiger partial charge is 0.383 e. The summed E-state index contributed by atoms with van der Waals surface area (Å²) in [5.74, 6) is 0. The van der Waals surface area contributed by atoms with Crippen molar-refractivity contribution in [3.63, 3.8) is 0 Å². The molecule has 1 saturated heterocycles. The van der Waals surface area contributed by atoms with Crippen molar-refractivity contribution in [2.24, 2.45) is 0 Å². The number of ether oxygens (including phenoxy) is 1. The lowest BCUT2D eigenvalue weighted by Gasteiger charge is -2.46. The lowest BCUT2D eigenvalue weighted by molar-refractivity contribution is 0.00595.